The van der Waals surface area contributed by atoms with Crippen LogP contribution in [0.1, 0.15) is 43.2 Å². The number of hydrogen-bond acceptors (Lipinski definition) is 10. The van der Waals surface area contributed by atoms with Gasteiger partial charge in [-0.15, -0.1) is 0 Å². The Morgan fingerprint density at radius 3 is 2.38 bits per heavy atom. The zero-order chi connectivity index (χ0) is 30.7. The molecule has 3 N–H and O–H groups in total. The average Bonchev–Trinajstić information content (AvgIpc) is 3.08. The molecule has 1 aromatic carbocycles. The fraction of sp³-hybridized carbons (Fsp3) is 0.423. The third-order valence-corrected chi connectivity index (χ3v) is 6.55. The molecule has 0 unspecified atom stereocenters. The normalized spacial score (nSPS) is 14.0. The van der Waals surface area contributed by atoms with E-state index in [9.17, 15) is 26.4 Å². The first-order valence-corrected chi connectivity index (χ1v) is 14.8. The molecule has 1 amide bonds. The predicted octanol–water partition coefficient (Wildman–Crippen LogP) is 4.35. The van der Waals surface area contributed by atoms with Crippen LogP contribution in [0.5, 0.6) is 0 Å². The van der Waals surface area contributed by atoms with E-state index in [-0.39, 0.29) is 30.1 Å². The summed E-state index contributed by atoms with van der Waals surface area (Å²) in [6.45, 7) is 6.07. The maximum Gasteiger partial charge on any atom is 0.421 e. The smallest absolute Gasteiger partial charge is 0.421 e. The number of fused-ring (bicyclic) bond motifs is 1. The summed E-state index contributed by atoms with van der Waals surface area (Å²) in [5.41, 5.74) is 0.925. The molecule has 16 heteroatoms. The van der Waals surface area contributed by atoms with E-state index in [0.29, 0.717) is 37.8 Å². The highest BCUT2D eigenvalue weighted by Gasteiger charge is 2.35. The van der Waals surface area contributed by atoms with Gasteiger partial charge >= 0.3 is 12.3 Å². The lowest BCUT2D eigenvalue weighted by atomic mass is 10.0. The Kier molecular flexibility index (Phi) is 8.75. The summed E-state index contributed by atoms with van der Waals surface area (Å²) >= 11 is 0. The van der Waals surface area contributed by atoms with Crippen LogP contribution in [0.15, 0.2) is 36.8 Å². The van der Waals surface area contributed by atoms with Gasteiger partial charge in [-0.05, 0) is 56.9 Å². The van der Waals surface area contributed by atoms with Gasteiger partial charge in [-0.2, -0.15) is 18.2 Å². The number of aromatic nitrogens is 4. The molecule has 1 aliphatic heterocycles. The summed E-state index contributed by atoms with van der Waals surface area (Å²) < 4.78 is 72.2. The number of nitrogens with zero attached hydrogens (tertiary/aromatic N) is 5. The van der Waals surface area contributed by atoms with Crippen molar-refractivity contribution in [1.29, 1.82) is 0 Å². The molecule has 3 aromatic rings. The van der Waals surface area contributed by atoms with Crippen molar-refractivity contribution in [1.82, 2.24) is 24.8 Å². The van der Waals surface area contributed by atoms with Gasteiger partial charge in [-0.1, -0.05) is 6.07 Å². The number of ether oxygens (including phenoxy) is 1. The van der Waals surface area contributed by atoms with E-state index in [1.165, 1.54) is 12.4 Å². The zero-order valence-corrected chi connectivity index (χ0v) is 24.2. The molecule has 0 fully saturated rings. The number of anilines is 4. The van der Waals surface area contributed by atoms with E-state index in [2.05, 4.69) is 35.3 Å². The van der Waals surface area contributed by atoms with Crippen LogP contribution in [0.4, 0.5) is 41.2 Å². The molecule has 0 bridgehead atoms. The average molecular weight is 609 g/mol. The van der Waals surface area contributed by atoms with Crippen LogP contribution in [-0.2, 0) is 40.3 Å². The van der Waals surface area contributed by atoms with Crippen molar-refractivity contribution in [2.75, 3.05) is 34.7 Å². The van der Waals surface area contributed by atoms with Gasteiger partial charge in [0.05, 0.1) is 12.8 Å². The molecule has 0 saturated carbocycles. The summed E-state index contributed by atoms with van der Waals surface area (Å²) in [5, 5.41) is 5.53. The Balaban J connectivity index is 1.52. The number of alkyl halides is 3. The molecule has 4 rings (SSSR count). The summed E-state index contributed by atoms with van der Waals surface area (Å²) in [5.74, 6) is -0.745. The van der Waals surface area contributed by atoms with Crippen LogP contribution in [0.3, 0.4) is 0 Å². The first kappa shape index (κ1) is 30.7. The van der Waals surface area contributed by atoms with E-state index in [1.807, 2.05) is 32.9 Å². The van der Waals surface area contributed by atoms with Gasteiger partial charge in [0.1, 0.15) is 22.7 Å². The van der Waals surface area contributed by atoms with Crippen LogP contribution in [-0.4, -0.2) is 64.3 Å². The number of rotatable bonds is 7. The zero-order valence-electron chi connectivity index (χ0n) is 23.4. The Morgan fingerprint density at radius 1 is 1.02 bits per heavy atom. The minimum atomic E-state index is -4.76. The largest absolute Gasteiger partial charge is 0.444 e. The maximum atomic E-state index is 13.7. The van der Waals surface area contributed by atoms with Crippen LogP contribution in [0.2, 0.25) is 0 Å². The number of amides is 1. The number of halogens is 3. The molecule has 1 aliphatic rings. The molecule has 0 aliphatic carbocycles. The highest BCUT2D eigenvalue weighted by Crippen LogP contribution is 2.34. The second-order valence-corrected chi connectivity index (χ2v) is 12.4. The number of benzene rings is 1. The molecule has 0 spiro atoms. The van der Waals surface area contributed by atoms with E-state index in [1.54, 1.807) is 11.0 Å². The highest BCUT2D eigenvalue weighted by molar-refractivity contribution is 7.92. The lowest BCUT2D eigenvalue weighted by molar-refractivity contribution is -0.137. The first-order valence-electron chi connectivity index (χ1n) is 12.9. The van der Waals surface area contributed by atoms with Crippen molar-refractivity contribution in [3.63, 3.8) is 0 Å². The molecule has 0 atom stereocenters. The fourth-order valence-electron chi connectivity index (χ4n) is 4.15. The molecule has 42 heavy (non-hydrogen) atoms. The Bertz CT molecular complexity index is 1560. The topological polar surface area (TPSA) is 151 Å². The fourth-order valence-corrected chi connectivity index (χ4v) is 4.67. The molecule has 0 radical (unpaired) electrons. The molecule has 0 saturated heterocycles. The monoisotopic (exact) mass is 608 g/mol. The standard InChI is InChI=1S/C26H31F3N8O4S/c1-25(2,3)41-24(38)37-11-7-16-5-6-18(13-17(16)8-12-37)34-23-33-14-19(26(27,28)29)21(35-23)32-15-20-22(31-10-9-30-20)36-42(4,39)40/h5-6,9-10,13-14H,7-8,11-12,15H2,1-4H3,(H,31,36)(H2,32,33,34,35). The van der Waals surface area contributed by atoms with Crippen molar-refractivity contribution in [3.8, 4) is 0 Å². The minimum absolute atomic E-state index is 0.0651. The van der Waals surface area contributed by atoms with E-state index in [0.717, 1.165) is 17.4 Å². The lowest BCUT2D eigenvalue weighted by Gasteiger charge is -2.26. The van der Waals surface area contributed by atoms with Crippen LogP contribution in [0, 0.1) is 0 Å². The predicted molar refractivity (Wildman–Crippen MR) is 150 cm³/mol. The Labute approximate surface area is 241 Å². The van der Waals surface area contributed by atoms with E-state index < -0.39 is 33.2 Å². The van der Waals surface area contributed by atoms with Gasteiger partial charge < -0.3 is 20.3 Å². The molecular weight excluding hydrogens is 577 g/mol. The Morgan fingerprint density at radius 2 is 1.71 bits per heavy atom. The van der Waals surface area contributed by atoms with Gasteiger partial charge in [-0.25, -0.2) is 23.2 Å². The third kappa shape index (κ3) is 8.41. The highest BCUT2D eigenvalue weighted by atomic mass is 32.2. The van der Waals surface area contributed by atoms with Gasteiger partial charge in [0.15, 0.2) is 5.82 Å². The number of sulfonamides is 1. The van der Waals surface area contributed by atoms with Gasteiger partial charge in [0, 0.05) is 37.4 Å². The van der Waals surface area contributed by atoms with Crippen LogP contribution in [0.25, 0.3) is 0 Å². The minimum Gasteiger partial charge on any atom is -0.444 e. The van der Waals surface area contributed by atoms with Crippen molar-refractivity contribution in [3.05, 3.63) is 59.2 Å². The van der Waals surface area contributed by atoms with E-state index in [4.69, 9.17) is 4.74 Å². The quantitative estimate of drug-likeness (QED) is 0.353. The SMILES string of the molecule is CC(C)(C)OC(=O)N1CCc2ccc(Nc3ncc(C(F)(F)F)c(NCc4nccnc4NS(C)(=O)=O)n3)cc2CC1. The Hall–Kier alpha value is -4.21. The second-order valence-electron chi connectivity index (χ2n) is 10.6. The molecule has 226 valence electrons. The number of nitrogens with one attached hydrogen (secondary N) is 3. The molecular formula is C26H31F3N8O4S. The molecule has 12 nitrogen and oxygen atoms in total. The summed E-state index contributed by atoms with van der Waals surface area (Å²) in [4.78, 5) is 30.0. The number of carbonyl (C=O) groups is 1. The molecule has 2 aromatic heterocycles. The lowest BCUT2D eigenvalue weighted by Crippen LogP contribution is -2.38. The van der Waals surface area contributed by atoms with Crippen LogP contribution < -0.4 is 15.4 Å². The summed E-state index contributed by atoms with van der Waals surface area (Å²) in [6.07, 6.45) is 0.154. The summed E-state index contributed by atoms with van der Waals surface area (Å²) in [7, 11) is -3.70. The second kappa shape index (κ2) is 12.0. The number of carbonyl (C=O) groups excluding carboxylic acids is 1. The van der Waals surface area contributed by atoms with E-state index >= 15 is 0 Å². The van der Waals surface area contributed by atoms with Crippen molar-refractivity contribution in [2.45, 2.75) is 51.9 Å². The maximum absolute atomic E-state index is 13.7. The number of hydrogen-bond donors (Lipinski definition) is 3. The first-order chi connectivity index (χ1) is 19.6. The van der Waals surface area contributed by atoms with Crippen molar-refractivity contribution >= 4 is 39.4 Å². The van der Waals surface area contributed by atoms with Gasteiger partial charge in [0.2, 0.25) is 16.0 Å². The molecule has 3 heterocycles. The van der Waals surface area contributed by atoms with Crippen molar-refractivity contribution < 1.29 is 31.1 Å². The van der Waals surface area contributed by atoms with Crippen LogP contribution >= 0.6 is 0 Å². The summed E-state index contributed by atoms with van der Waals surface area (Å²) in [6, 6.07) is 5.51. The van der Waals surface area contributed by atoms with Gasteiger partial charge in [0.25, 0.3) is 0 Å². The van der Waals surface area contributed by atoms with Crippen molar-refractivity contribution in [2.24, 2.45) is 0 Å². The van der Waals surface area contributed by atoms with Gasteiger partial charge in [-0.3, -0.25) is 9.71 Å². The third-order valence-electron chi connectivity index (χ3n) is 5.99.